The smallest absolute Gasteiger partial charge is 0.250 e. The van der Waals surface area contributed by atoms with Crippen molar-refractivity contribution < 1.29 is 14.3 Å². The van der Waals surface area contributed by atoms with Gasteiger partial charge in [-0.3, -0.25) is 4.79 Å². The normalized spacial score (nSPS) is 24.9. The molecule has 1 aliphatic rings. The van der Waals surface area contributed by atoms with Crippen LogP contribution in [0.15, 0.2) is 0 Å². The Labute approximate surface area is 90.3 Å². The third kappa shape index (κ3) is 3.44. The fraction of sp³-hybridized carbons (Fsp3) is 0.900. The van der Waals surface area contributed by atoms with Crippen LogP contribution < -0.4 is 11.1 Å². The molecule has 0 saturated carbocycles. The zero-order valence-electron chi connectivity index (χ0n) is 9.36. The van der Waals surface area contributed by atoms with Crippen molar-refractivity contribution in [3.8, 4) is 0 Å². The third-order valence-electron chi connectivity index (χ3n) is 2.68. The molecule has 3 N–H and O–H groups in total. The fourth-order valence-corrected chi connectivity index (χ4v) is 1.72. The van der Waals surface area contributed by atoms with Crippen LogP contribution in [-0.2, 0) is 14.3 Å². The molecule has 0 radical (unpaired) electrons. The molecule has 1 aliphatic heterocycles. The minimum absolute atomic E-state index is 0.0178. The van der Waals surface area contributed by atoms with Gasteiger partial charge in [0.05, 0.1) is 12.1 Å². The molecule has 3 unspecified atom stereocenters. The molecule has 0 spiro atoms. The lowest BCUT2D eigenvalue weighted by atomic mass is 10.1. The molecule has 15 heavy (non-hydrogen) atoms. The minimum atomic E-state index is -0.561. The molecule has 1 heterocycles. The first-order valence-electron chi connectivity index (χ1n) is 5.34. The lowest BCUT2D eigenvalue weighted by molar-refractivity contribution is -0.132. The summed E-state index contributed by atoms with van der Waals surface area (Å²) >= 11 is 0. The number of ether oxygens (including phenoxy) is 2. The average Bonchev–Trinajstić information content (AvgIpc) is 2.72. The number of hydrogen-bond acceptors (Lipinski definition) is 4. The van der Waals surface area contributed by atoms with E-state index < -0.39 is 6.10 Å². The summed E-state index contributed by atoms with van der Waals surface area (Å²) in [6.07, 6.45) is 1.63. The zero-order chi connectivity index (χ0) is 11.3. The van der Waals surface area contributed by atoms with Gasteiger partial charge in [0.2, 0.25) is 0 Å². The van der Waals surface area contributed by atoms with E-state index in [0.29, 0.717) is 0 Å². The van der Waals surface area contributed by atoms with E-state index in [9.17, 15) is 4.79 Å². The van der Waals surface area contributed by atoms with Gasteiger partial charge in [0, 0.05) is 20.3 Å². The first kappa shape index (κ1) is 12.4. The lowest BCUT2D eigenvalue weighted by Gasteiger charge is -2.22. The van der Waals surface area contributed by atoms with Crippen molar-refractivity contribution in [1.29, 1.82) is 0 Å². The number of nitrogens with two attached hydrogens (primary N) is 1. The van der Waals surface area contributed by atoms with Crippen LogP contribution in [0.2, 0.25) is 0 Å². The van der Waals surface area contributed by atoms with Crippen molar-refractivity contribution in [3.63, 3.8) is 0 Å². The largest absolute Gasteiger partial charge is 0.376 e. The standard InChI is InChI=1S/C10H20N2O3/c1-7(8-4-3-5-15-8)12-10(13)9(6-11)14-2/h7-9H,3-6,11H2,1-2H3,(H,12,13). The molecule has 3 atom stereocenters. The second kappa shape index (κ2) is 6.05. The minimum Gasteiger partial charge on any atom is -0.376 e. The average molecular weight is 216 g/mol. The van der Waals surface area contributed by atoms with Crippen LogP contribution >= 0.6 is 0 Å². The van der Waals surface area contributed by atoms with Crippen LogP contribution in [0.1, 0.15) is 19.8 Å². The number of methoxy groups -OCH3 is 1. The Morgan fingerprint density at radius 2 is 2.47 bits per heavy atom. The molecule has 5 nitrogen and oxygen atoms in total. The summed E-state index contributed by atoms with van der Waals surface area (Å²) in [4.78, 5) is 11.6. The predicted octanol–water partition coefficient (Wildman–Crippen LogP) is -0.356. The highest BCUT2D eigenvalue weighted by atomic mass is 16.5. The molecule has 1 fully saturated rings. The molecule has 0 aromatic heterocycles. The van der Waals surface area contributed by atoms with Gasteiger partial charge in [-0.2, -0.15) is 0 Å². The second-order valence-corrected chi connectivity index (χ2v) is 3.81. The third-order valence-corrected chi connectivity index (χ3v) is 2.68. The highest BCUT2D eigenvalue weighted by Gasteiger charge is 2.25. The quantitative estimate of drug-likeness (QED) is 0.658. The first-order valence-corrected chi connectivity index (χ1v) is 5.34. The predicted molar refractivity (Wildman–Crippen MR) is 56.4 cm³/mol. The van der Waals surface area contributed by atoms with Gasteiger partial charge in [-0.15, -0.1) is 0 Å². The second-order valence-electron chi connectivity index (χ2n) is 3.81. The maximum absolute atomic E-state index is 11.6. The Balaban J connectivity index is 2.35. The highest BCUT2D eigenvalue weighted by molar-refractivity contribution is 5.81. The number of nitrogens with one attached hydrogen (secondary N) is 1. The van der Waals surface area contributed by atoms with Gasteiger partial charge in [-0.25, -0.2) is 0 Å². The van der Waals surface area contributed by atoms with Crippen molar-refractivity contribution in [2.75, 3.05) is 20.3 Å². The van der Waals surface area contributed by atoms with E-state index in [-0.39, 0.29) is 24.6 Å². The Kier molecular flexibility index (Phi) is 5.01. The van der Waals surface area contributed by atoms with E-state index in [1.54, 1.807) is 0 Å². The molecular weight excluding hydrogens is 196 g/mol. The van der Waals surface area contributed by atoms with E-state index >= 15 is 0 Å². The molecule has 5 heteroatoms. The number of carbonyl (C=O) groups is 1. The van der Waals surface area contributed by atoms with E-state index in [2.05, 4.69) is 5.32 Å². The molecule has 0 bridgehead atoms. The molecule has 1 rings (SSSR count). The number of rotatable bonds is 5. The summed E-state index contributed by atoms with van der Waals surface area (Å²) in [7, 11) is 1.48. The monoisotopic (exact) mass is 216 g/mol. The molecule has 0 aromatic carbocycles. The Morgan fingerprint density at radius 3 is 2.93 bits per heavy atom. The summed E-state index contributed by atoms with van der Waals surface area (Å²) in [5.74, 6) is -0.164. The van der Waals surface area contributed by atoms with Crippen LogP contribution in [0, 0.1) is 0 Å². The first-order chi connectivity index (χ1) is 7.19. The molecule has 0 aliphatic carbocycles. The number of amides is 1. The van der Waals surface area contributed by atoms with E-state index in [4.69, 9.17) is 15.2 Å². The van der Waals surface area contributed by atoms with Crippen molar-refractivity contribution in [3.05, 3.63) is 0 Å². The maximum Gasteiger partial charge on any atom is 0.250 e. The topological polar surface area (TPSA) is 73.6 Å². The summed E-state index contributed by atoms with van der Waals surface area (Å²) in [6, 6.07) is 0.0178. The van der Waals surface area contributed by atoms with E-state index in [1.165, 1.54) is 7.11 Å². The van der Waals surface area contributed by atoms with Gasteiger partial charge in [0.25, 0.3) is 5.91 Å². The molecule has 0 aromatic rings. The summed E-state index contributed by atoms with van der Waals surface area (Å²) < 4.78 is 10.4. The SMILES string of the molecule is COC(CN)C(=O)NC(C)C1CCCO1. The van der Waals surface area contributed by atoms with Gasteiger partial charge in [-0.1, -0.05) is 0 Å². The van der Waals surface area contributed by atoms with Gasteiger partial charge < -0.3 is 20.5 Å². The molecular formula is C10H20N2O3. The van der Waals surface area contributed by atoms with E-state index in [1.807, 2.05) is 6.92 Å². The van der Waals surface area contributed by atoms with Crippen LogP contribution in [0.25, 0.3) is 0 Å². The zero-order valence-corrected chi connectivity index (χ0v) is 9.36. The Hall–Kier alpha value is -0.650. The highest BCUT2D eigenvalue weighted by Crippen LogP contribution is 2.15. The molecule has 1 saturated heterocycles. The van der Waals surface area contributed by atoms with Gasteiger partial charge in [0.1, 0.15) is 6.10 Å². The van der Waals surface area contributed by atoms with Gasteiger partial charge in [-0.05, 0) is 19.8 Å². The maximum atomic E-state index is 11.6. The molecule has 88 valence electrons. The van der Waals surface area contributed by atoms with Crippen molar-refractivity contribution >= 4 is 5.91 Å². The number of carbonyl (C=O) groups excluding carboxylic acids is 1. The van der Waals surface area contributed by atoms with E-state index in [0.717, 1.165) is 19.4 Å². The lowest BCUT2D eigenvalue weighted by Crippen LogP contribution is -2.48. The van der Waals surface area contributed by atoms with Gasteiger partial charge >= 0.3 is 0 Å². The van der Waals surface area contributed by atoms with Crippen LogP contribution in [0.5, 0.6) is 0 Å². The summed E-state index contributed by atoms with van der Waals surface area (Å²) in [5.41, 5.74) is 5.40. The van der Waals surface area contributed by atoms with Crippen LogP contribution in [-0.4, -0.2) is 44.4 Å². The summed E-state index contributed by atoms with van der Waals surface area (Å²) in [6.45, 7) is 2.92. The molecule has 1 amide bonds. The number of hydrogen-bond donors (Lipinski definition) is 2. The summed E-state index contributed by atoms with van der Waals surface area (Å²) in [5, 5.41) is 2.85. The van der Waals surface area contributed by atoms with Crippen molar-refractivity contribution in [1.82, 2.24) is 5.32 Å². The van der Waals surface area contributed by atoms with Crippen LogP contribution in [0.3, 0.4) is 0 Å². The Bertz CT molecular complexity index is 201. The van der Waals surface area contributed by atoms with Crippen molar-refractivity contribution in [2.24, 2.45) is 5.73 Å². The fourth-order valence-electron chi connectivity index (χ4n) is 1.72. The van der Waals surface area contributed by atoms with Gasteiger partial charge in [0.15, 0.2) is 0 Å². The Morgan fingerprint density at radius 1 is 1.73 bits per heavy atom. The van der Waals surface area contributed by atoms with Crippen LogP contribution in [0.4, 0.5) is 0 Å². The van der Waals surface area contributed by atoms with Crippen molar-refractivity contribution in [2.45, 2.75) is 38.0 Å².